The van der Waals surface area contributed by atoms with Crippen LogP contribution >= 0.6 is 0 Å². The fourth-order valence-corrected chi connectivity index (χ4v) is 7.51. The first-order valence-corrected chi connectivity index (χ1v) is 10.6. The molecule has 0 N–H and O–H groups in total. The standard InChI is InChI=1S/C23H34O3/c1-14(24)19-7-8-20-18-6-5-16-13-17(26-15(2)25)9-11-22(16,3)21(18)10-12-23(19,20)4/h8,16-19,21H,5-7,9-13H2,1-4H3/t16-,17-,18-,19-,21-,22-,23+/m0/s1. The van der Waals surface area contributed by atoms with Crippen molar-refractivity contribution in [3.05, 3.63) is 11.6 Å². The second kappa shape index (κ2) is 6.21. The number of allylic oxidation sites excluding steroid dienone is 2. The van der Waals surface area contributed by atoms with Gasteiger partial charge in [0.05, 0.1) is 0 Å². The van der Waals surface area contributed by atoms with Crippen molar-refractivity contribution in [1.29, 1.82) is 0 Å². The van der Waals surface area contributed by atoms with Gasteiger partial charge in [0.1, 0.15) is 11.9 Å². The van der Waals surface area contributed by atoms with Gasteiger partial charge in [0.2, 0.25) is 0 Å². The number of ketones is 1. The van der Waals surface area contributed by atoms with Gasteiger partial charge >= 0.3 is 5.97 Å². The highest BCUT2D eigenvalue weighted by Gasteiger charge is 2.58. The number of carbonyl (C=O) groups is 2. The minimum Gasteiger partial charge on any atom is -0.463 e. The molecule has 0 bridgehead atoms. The highest BCUT2D eigenvalue weighted by Crippen LogP contribution is 2.66. The fraction of sp³-hybridized carbons (Fsp3) is 0.826. The second-order valence-corrected chi connectivity index (χ2v) is 10.0. The summed E-state index contributed by atoms with van der Waals surface area (Å²) in [5, 5.41) is 0. The summed E-state index contributed by atoms with van der Waals surface area (Å²) in [5.41, 5.74) is 2.11. The Kier molecular flexibility index (Phi) is 4.36. The van der Waals surface area contributed by atoms with E-state index in [2.05, 4.69) is 19.9 Å². The van der Waals surface area contributed by atoms with Crippen LogP contribution in [0.2, 0.25) is 0 Å². The van der Waals surface area contributed by atoms with E-state index in [4.69, 9.17) is 4.74 Å². The molecule has 0 saturated heterocycles. The van der Waals surface area contributed by atoms with Crippen LogP contribution in [0, 0.1) is 34.5 Å². The van der Waals surface area contributed by atoms with Gasteiger partial charge in [0.15, 0.2) is 0 Å². The van der Waals surface area contributed by atoms with Gasteiger partial charge in [0, 0.05) is 12.8 Å². The van der Waals surface area contributed by atoms with Crippen molar-refractivity contribution in [1.82, 2.24) is 0 Å². The predicted molar refractivity (Wildman–Crippen MR) is 101 cm³/mol. The Morgan fingerprint density at radius 2 is 1.85 bits per heavy atom. The fourth-order valence-electron chi connectivity index (χ4n) is 7.51. The molecule has 4 aliphatic carbocycles. The van der Waals surface area contributed by atoms with Crippen LogP contribution in [0.1, 0.15) is 79.1 Å². The van der Waals surface area contributed by atoms with E-state index in [1.807, 2.05) is 0 Å². The Balaban J connectivity index is 1.56. The monoisotopic (exact) mass is 358 g/mol. The van der Waals surface area contributed by atoms with E-state index >= 15 is 0 Å². The van der Waals surface area contributed by atoms with E-state index in [0.29, 0.717) is 23.0 Å². The van der Waals surface area contributed by atoms with Crippen molar-refractivity contribution < 1.29 is 14.3 Å². The molecule has 4 rings (SSSR count). The largest absolute Gasteiger partial charge is 0.463 e. The number of hydrogen-bond donors (Lipinski definition) is 0. The van der Waals surface area contributed by atoms with E-state index in [1.165, 1.54) is 39.0 Å². The zero-order valence-electron chi connectivity index (χ0n) is 16.8. The van der Waals surface area contributed by atoms with Crippen LogP contribution in [-0.4, -0.2) is 17.9 Å². The quantitative estimate of drug-likeness (QED) is 0.510. The molecule has 144 valence electrons. The van der Waals surface area contributed by atoms with Crippen LogP contribution in [0.3, 0.4) is 0 Å². The molecule has 7 atom stereocenters. The van der Waals surface area contributed by atoms with Crippen molar-refractivity contribution >= 4 is 11.8 Å². The number of fused-ring (bicyclic) bond motifs is 5. The highest BCUT2D eigenvalue weighted by atomic mass is 16.5. The maximum Gasteiger partial charge on any atom is 0.302 e. The lowest BCUT2D eigenvalue weighted by atomic mass is 9.46. The Morgan fingerprint density at radius 1 is 1.08 bits per heavy atom. The summed E-state index contributed by atoms with van der Waals surface area (Å²) in [6, 6.07) is 0. The third-order valence-electron chi connectivity index (χ3n) is 8.84. The maximum atomic E-state index is 12.2. The lowest BCUT2D eigenvalue weighted by Crippen LogP contribution is -2.52. The van der Waals surface area contributed by atoms with Gasteiger partial charge in [-0.3, -0.25) is 9.59 Å². The molecule has 0 aromatic heterocycles. The van der Waals surface area contributed by atoms with Gasteiger partial charge in [0.25, 0.3) is 0 Å². The number of Topliss-reactive ketones (excluding diaryl/α,β-unsaturated/α-hetero) is 1. The summed E-state index contributed by atoms with van der Waals surface area (Å²) < 4.78 is 5.56. The first kappa shape index (κ1) is 18.3. The highest BCUT2D eigenvalue weighted by molar-refractivity contribution is 5.80. The molecular weight excluding hydrogens is 324 g/mol. The van der Waals surface area contributed by atoms with Crippen LogP contribution in [0.25, 0.3) is 0 Å². The van der Waals surface area contributed by atoms with Gasteiger partial charge in [-0.15, -0.1) is 0 Å². The third-order valence-corrected chi connectivity index (χ3v) is 8.84. The van der Waals surface area contributed by atoms with Crippen molar-refractivity contribution in [2.45, 2.75) is 85.2 Å². The summed E-state index contributed by atoms with van der Waals surface area (Å²) in [6.45, 7) is 8.19. The summed E-state index contributed by atoms with van der Waals surface area (Å²) in [5.74, 6) is 2.54. The molecule has 0 heterocycles. The Morgan fingerprint density at radius 3 is 2.54 bits per heavy atom. The molecule has 0 aliphatic heterocycles. The van der Waals surface area contributed by atoms with E-state index in [-0.39, 0.29) is 23.4 Å². The molecule has 0 unspecified atom stereocenters. The van der Waals surface area contributed by atoms with E-state index < -0.39 is 0 Å². The topological polar surface area (TPSA) is 43.4 Å². The molecule has 26 heavy (non-hydrogen) atoms. The van der Waals surface area contributed by atoms with Gasteiger partial charge in [-0.1, -0.05) is 25.5 Å². The number of rotatable bonds is 2. The molecular formula is C23H34O3. The summed E-state index contributed by atoms with van der Waals surface area (Å²) in [6.07, 6.45) is 11.7. The van der Waals surface area contributed by atoms with Crippen LogP contribution < -0.4 is 0 Å². The van der Waals surface area contributed by atoms with E-state index in [0.717, 1.165) is 25.2 Å². The summed E-state index contributed by atoms with van der Waals surface area (Å²) in [7, 11) is 0. The SMILES string of the molecule is CC(=O)O[C@H]1CC[C@@]2(C)[C@@H](CC[C@H]3C4=CC[C@@H](C(C)=O)[C@@]4(C)CC[C@@H]32)C1. The Bertz CT molecular complexity index is 650. The lowest BCUT2D eigenvalue weighted by Gasteiger charge is -2.59. The van der Waals surface area contributed by atoms with Gasteiger partial charge in [-0.05, 0) is 86.9 Å². The molecule has 4 aliphatic rings. The van der Waals surface area contributed by atoms with Crippen LogP contribution in [0.4, 0.5) is 0 Å². The average Bonchev–Trinajstić information content (AvgIpc) is 2.92. The molecule has 3 fully saturated rings. The molecule has 3 nitrogen and oxygen atoms in total. The lowest BCUT2D eigenvalue weighted by molar-refractivity contribution is -0.155. The van der Waals surface area contributed by atoms with Crippen molar-refractivity contribution in [2.24, 2.45) is 34.5 Å². The van der Waals surface area contributed by atoms with E-state index in [9.17, 15) is 9.59 Å². The summed E-state index contributed by atoms with van der Waals surface area (Å²) >= 11 is 0. The Labute approximate surface area is 157 Å². The molecule has 3 saturated carbocycles. The van der Waals surface area contributed by atoms with Crippen LogP contribution in [0.5, 0.6) is 0 Å². The van der Waals surface area contributed by atoms with Crippen molar-refractivity contribution in [3.63, 3.8) is 0 Å². The number of ether oxygens (including phenoxy) is 1. The predicted octanol–water partition coefficient (Wildman–Crippen LogP) is 5.09. The minimum atomic E-state index is -0.132. The van der Waals surface area contributed by atoms with Crippen LogP contribution in [-0.2, 0) is 14.3 Å². The van der Waals surface area contributed by atoms with E-state index in [1.54, 1.807) is 12.5 Å². The molecule has 0 amide bonds. The third kappa shape index (κ3) is 2.60. The smallest absolute Gasteiger partial charge is 0.302 e. The molecule has 0 aromatic rings. The zero-order chi connectivity index (χ0) is 18.7. The second-order valence-electron chi connectivity index (χ2n) is 10.0. The number of esters is 1. The normalized spacial score (nSPS) is 47.2. The first-order valence-electron chi connectivity index (χ1n) is 10.6. The van der Waals surface area contributed by atoms with Crippen LogP contribution in [0.15, 0.2) is 11.6 Å². The molecule has 0 spiro atoms. The molecule has 3 heteroatoms. The average molecular weight is 359 g/mol. The zero-order valence-corrected chi connectivity index (χ0v) is 16.8. The van der Waals surface area contributed by atoms with Gasteiger partial charge in [-0.2, -0.15) is 0 Å². The van der Waals surface area contributed by atoms with Crippen molar-refractivity contribution in [3.8, 4) is 0 Å². The Hall–Kier alpha value is -1.12. The first-order chi connectivity index (χ1) is 12.3. The van der Waals surface area contributed by atoms with Gasteiger partial charge in [-0.25, -0.2) is 0 Å². The van der Waals surface area contributed by atoms with Crippen molar-refractivity contribution in [2.75, 3.05) is 0 Å². The molecule has 0 radical (unpaired) electrons. The maximum absolute atomic E-state index is 12.2. The minimum absolute atomic E-state index is 0.116. The number of carbonyl (C=O) groups excluding carboxylic acids is 2. The molecule has 0 aromatic carbocycles. The number of hydrogen-bond acceptors (Lipinski definition) is 3. The summed E-state index contributed by atoms with van der Waals surface area (Å²) in [4.78, 5) is 23.6. The van der Waals surface area contributed by atoms with Gasteiger partial charge < -0.3 is 4.74 Å².